The summed E-state index contributed by atoms with van der Waals surface area (Å²) in [5.74, 6) is -0.486. The third kappa shape index (κ3) is 2.49. The van der Waals surface area contributed by atoms with Gasteiger partial charge in [-0.3, -0.25) is 4.79 Å². The summed E-state index contributed by atoms with van der Waals surface area (Å²) in [5, 5.41) is 0.108. The van der Waals surface area contributed by atoms with Crippen molar-refractivity contribution in [1.82, 2.24) is 0 Å². The van der Waals surface area contributed by atoms with E-state index >= 15 is 0 Å². The van der Waals surface area contributed by atoms with Crippen molar-refractivity contribution >= 4 is 26.7 Å². The molecule has 0 radical (unpaired) electrons. The zero-order valence-corrected chi connectivity index (χ0v) is 11.5. The molecule has 2 rings (SSSR count). The predicted octanol–water partition coefficient (Wildman–Crippen LogP) is 1.64. The van der Waals surface area contributed by atoms with Gasteiger partial charge in [0.15, 0.2) is 9.84 Å². The molecule has 0 unspecified atom stereocenters. The summed E-state index contributed by atoms with van der Waals surface area (Å²) < 4.78 is 29.5. The molecule has 0 bridgehead atoms. The Morgan fingerprint density at radius 1 is 1.37 bits per heavy atom. The van der Waals surface area contributed by atoms with Gasteiger partial charge in [-0.1, -0.05) is 0 Å². The van der Waals surface area contributed by atoms with Crippen molar-refractivity contribution in [2.24, 2.45) is 5.73 Å². The number of furan rings is 1. The summed E-state index contributed by atoms with van der Waals surface area (Å²) >= 11 is 0. The van der Waals surface area contributed by atoms with E-state index in [4.69, 9.17) is 10.2 Å². The van der Waals surface area contributed by atoms with Crippen LogP contribution in [-0.4, -0.2) is 19.6 Å². The van der Waals surface area contributed by atoms with Crippen molar-refractivity contribution in [1.29, 1.82) is 0 Å². The first kappa shape index (κ1) is 13.6. The fourth-order valence-corrected chi connectivity index (χ4v) is 2.92. The minimum Gasteiger partial charge on any atom is -0.464 e. The van der Waals surface area contributed by atoms with Gasteiger partial charge in [0.1, 0.15) is 5.58 Å². The third-order valence-electron chi connectivity index (χ3n) is 2.94. The molecule has 1 heterocycles. The second-order valence-electron chi connectivity index (χ2n) is 4.66. The van der Waals surface area contributed by atoms with Crippen LogP contribution in [0.15, 0.2) is 33.8 Å². The fourth-order valence-electron chi connectivity index (χ4n) is 1.83. The minimum absolute atomic E-state index is 0.0260. The molecule has 0 atom stereocenters. The van der Waals surface area contributed by atoms with Crippen molar-refractivity contribution < 1.29 is 17.6 Å². The number of sulfone groups is 1. The van der Waals surface area contributed by atoms with Gasteiger partial charge in [-0.05, 0) is 32.0 Å². The highest BCUT2D eigenvalue weighted by Gasteiger charge is 2.20. The van der Waals surface area contributed by atoms with Gasteiger partial charge in [0.05, 0.1) is 22.8 Å². The standard InChI is InChI=1S/C13H15NO4S/c1-8(2)19(16,17)10-3-4-12-11(6-10)9(7-18-12)5-13(14)15/h3-4,6-8H,5H2,1-2H3,(H2,14,15). The number of nitrogens with two attached hydrogens (primary N) is 1. The molecule has 1 amide bonds. The van der Waals surface area contributed by atoms with Crippen LogP contribution in [0.2, 0.25) is 0 Å². The molecule has 19 heavy (non-hydrogen) atoms. The van der Waals surface area contributed by atoms with E-state index < -0.39 is 21.0 Å². The van der Waals surface area contributed by atoms with E-state index in [0.717, 1.165) is 0 Å². The molecule has 1 aromatic heterocycles. The first-order valence-electron chi connectivity index (χ1n) is 5.84. The Hall–Kier alpha value is -1.82. The van der Waals surface area contributed by atoms with E-state index in [9.17, 15) is 13.2 Å². The van der Waals surface area contributed by atoms with Crippen molar-refractivity contribution in [3.8, 4) is 0 Å². The largest absolute Gasteiger partial charge is 0.464 e. The van der Waals surface area contributed by atoms with Gasteiger partial charge in [0.25, 0.3) is 0 Å². The first-order valence-corrected chi connectivity index (χ1v) is 7.39. The average Bonchev–Trinajstić information content (AvgIpc) is 2.71. The molecule has 0 fully saturated rings. The van der Waals surface area contributed by atoms with E-state index in [1.54, 1.807) is 19.9 Å². The van der Waals surface area contributed by atoms with Crippen molar-refractivity contribution in [3.05, 3.63) is 30.0 Å². The smallest absolute Gasteiger partial charge is 0.221 e. The quantitative estimate of drug-likeness (QED) is 0.922. The number of carbonyl (C=O) groups excluding carboxylic acids is 1. The SMILES string of the molecule is CC(C)S(=O)(=O)c1ccc2occ(CC(N)=O)c2c1. The summed E-state index contributed by atoms with van der Waals surface area (Å²) in [6.07, 6.45) is 1.46. The summed E-state index contributed by atoms with van der Waals surface area (Å²) in [7, 11) is -3.35. The number of amides is 1. The van der Waals surface area contributed by atoms with Crippen LogP contribution < -0.4 is 5.73 Å². The topological polar surface area (TPSA) is 90.4 Å². The Kier molecular flexibility index (Phi) is 3.36. The lowest BCUT2D eigenvalue weighted by atomic mass is 10.1. The van der Waals surface area contributed by atoms with Gasteiger partial charge in [-0.25, -0.2) is 8.42 Å². The molecule has 0 spiro atoms. The molecular weight excluding hydrogens is 266 g/mol. The maximum atomic E-state index is 12.1. The predicted molar refractivity (Wildman–Crippen MR) is 71.4 cm³/mol. The molecule has 5 nitrogen and oxygen atoms in total. The Labute approximate surface area is 111 Å². The lowest BCUT2D eigenvalue weighted by Gasteiger charge is -2.07. The van der Waals surface area contributed by atoms with Crippen molar-refractivity contribution in [2.45, 2.75) is 30.4 Å². The molecule has 0 aliphatic rings. The third-order valence-corrected chi connectivity index (χ3v) is 5.09. The second kappa shape index (κ2) is 4.70. The highest BCUT2D eigenvalue weighted by molar-refractivity contribution is 7.92. The fraction of sp³-hybridized carbons (Fsp3) is 0.308. The Balaban J connectivity index is 2.59. The van der Waals surface area contributed by atoms with Crippen molar-refractivity contribution in [3.63, 3.8) is 0 Å². The zero-order chi connectivity index (χ0) is 14.2. The van der Waals surface area contributed by atoms with E-state index in [0.29, 0.717) is 16.5 Å². The van der Waals surface area contributed by atoms with Crippen LogP contribution in [0, 0.1) is 0 Å². The van der Waals surface area contributed by atoms with Crippen LogP contribution in [0.5, 0.6) is 0 Å². The number of benzene rings is 1. The highest BCUT2D eigenvalue weighted by atomic mass is 32.2. The molecule has 1 aromatic carbocycles. The Morgan fingerprint density at radius 2 is 2.05 bits per heavy atom. The number of primary amides is 1. The summed E-state index contributed by atoms with van der Waals surface area (Å²) in [6, 6.07) is 4.64. The number of hydrogen-bond acceptors (Lipinski definition) is 4. The molecular formula is C13H15NO4S. The van der Waals surface area contributed by atoms with Crippen molar-refractivity contribution in [2.75, 3.05) is 0 Å². The number of rotatable bonds is 4. The molecule has 0 saturated heterocycles. The van der Waals surface area contributed by atoms with Gasteiger partial charge in [-0.2, -0.15) is 0 Å². The number of hydrogen-bond donors (Lipinski definition) is 1. The van der Waals surface area contributed by atoms with Crippen LogP contribution in [-0.2, 0) is 21.1 Å². The molecule has 2 aromatic rings. The van der Waals surface area contributed by atoms with Crippen LogP contribution in [0.4, 0.5) is 0 Å². The zero-order valence-electron chi connectivity index (χ0n) is 10.7. The van der Waals surface area contributed by atoms with E-state index in [2.05, 4.69) is 0 Å². The van der Waals surface area contributed by atoms with E-state index in [1.165, 1.54) is 18.4 Å². The average molecular weight is 281 g/mol. The van der Waals surface area contributed by atoms with Gasteiger partial charge in [0.2, 0.25) is 5.91 Å². The summed E-state index contributed by atoms with van der Waals surface area (Å²) in [4.78, 5) is 11.2. The lowest BCUT2D eigenvalue weighted by Crippen LogP contribution is -2.14. The Bertz CT molecular complexity index is 728. The maximum Gasteiger partial charge on any atom is 0.221 e. The van der Waals surface area contributed by atoms with Crippen LogP contribution in [0.1, 0.15) is 19.4 Å². The van der Waals surface area contributed by atoms with Gasteiger partial charge < -0.3 is 10.2 Å². The van der Waals surface area contributed by atoms with Gasteiger partial charge in [-0.15, -0.1) is 0 Å². The first-order chi connectivity index (χ1) is 8.82. The molecule has 0 aliphatic carbocycles. The number of fused-ring (bicyclic) bond motifs is 1. The molecule has 2 N–H and O–H groups in total. The lowest BCUT2D eigenvalue weighted by molar-refractivity contribution is -0.117. The molecule has 102 valence electrons. The van der Waals surface area contributed by atoms with Crippen LogP contribution in [0.3, 0.4) is 0 Å². The van der Waals surface area contributed by atoms with E-state index in [-0.39, 0.29) is 11.3 Å². The van der Waals surface area contributed by atoms with Crippen LogP contribution >= 0.6 is 0 Å². The second-order valence-corrected chi connectivity index (χ2v) is 7.16. The van der Waals surface area contributed by atoms with Gasteiger partial charge in [0, 0.05) is 10.9 Å². The molecule has 0 saturated carbocycles. The number of carbonyl (C=O) groups is 1. The summed E-state index contributed by atoms with van der Waals surface area (Å²) in [6.45, 7) is 3.25. The van der Waals surface area contributed by atoms with Gasteiger partial charge >= 0.3 is 0 Å². The summed E-state index contributed by atoms with van der Waals surface area (Å²) in [5.41, 5.74) is 6.29. The van der Waals surface area contributed by atoms with E-state index in [1.807, 2.05) is 0 Å². The molecule has 6 heteroatoms. The minimum atomic E-state index is -3.35. The highest BCUT2D eigenvalue weighted by Crippen LogP contribution is 2.26. The monoisotopic (exact) mass is 281 g/mol. The Morgan fingerprint density at radius 3 is 2.63 bits per heavy atom. The molecule has 0 aliphatic heterocycles. The van der Waals surface area contributed by atoms with Crippen LogP contribution in [0.25, 0.3) is 11.0 Å². The normalized spacial score (nSPS) is 12.2. The maximum absolute atomic E-state index is 12.1.